The van der Waals surface area contributed by atoms with Crippen LogP contribution in [0.3, 0.4) is 0 Å². The van der Waals surface area contributed by atoms with E-state index in [9.17, 15) is 0 Å². The van der Waals surface area contributed by atoms with E-state index in [0.29, 0.717) is 0 Å². The monoisotopic (exact) mass is 477 g/mol. The third-order valence-electron chi connectivity index (χ3n) is 0.180. The second-order valence-corrected chi connectivity index (χ2v) is 44.2. The molecule has 0 saturated carbocycles. The molecule has 0 unspecified atom stereocenters. The molecular weight excluding hydrogens is 474 g/mol. The summed E-state index contributed by atoms with van der Waals surface area (Å²) in [7, 11) is 0. The summed E-state index contributed by atoms with van der Waals surface area (Å²) < 4.78 is -1.51. The summed E-state index contributed by atoms with van der Waals surface area (Å²) in [5.41, 5.74) is 0. The predicted octanol–water partition coefficient (Wildman–Crippen LogP) is 1.84. The molecular formula is CH3I3NOV. The zero-order valence-corrected chi connectivity index (χ0v) is 11.0. The standard InChI is InChI=1S/CH3NO.3HI.V/c1-3-2;;;;/h1H,2H2;3*1H;/q;;;;+3/p-3. The molecule has 2 nitrogen and oxygen atoms in total. The minimum absolute atomic E-state index is 1.51. The first-order valence-corrected chi connectivity index (χ1v) is 15.6. The number of rotatable bonds is 1. The number of hydrogen-bond donors (Lipinski definition) is 1. The number of hydrogen-bond acceptors (Lipinski definition) is 2. The van der Waals surface area contributed by atoms with Gasteiger partial charge in [0, 0.05) is 0 Å². The predicted molar refractivity (Wildman–Crippen MR) is 53.4 cm³/mol. The molecule has 0 radical (unpaired) electrons. The fraction of sp³-hybridized carbons (Fsp3) is 0. The van der Waals surface area contributed by atoms with Crippen molar-refractivity contribution in [1.82, 2.24) is 0 Å². The maximum absolute atomic E-state index is 4.79. The summed E-state index contributed by atoms with van der Waals surface area (Å²) in [6, 6.07) is 0. The fourth-order valence-corrected chi connectivity index (χ4v) is 1.91. The van der Waals surface area contributed by atoms with Crippen LogP contribution < -0.4 is 5.90 Å². The van der Waals surface area contributed by atoms with Gasteiger partial charge in [0.15, 0.2) is 0 Å². The van der Waals surface area contributed by atoms with Crippen LogP contribution in [-0.4, -0.2) is 4.92 Å². The molecule has 0 rings (SSSR count). The Morgan fingerprint density at radius 2 is 1.86 bits per heavy atom. The van der Waals surface area contributed by atoms with Crippen LogP contribution in [0.15, 0.2) is 0 Å². The molecule has 0 saturated heterocycles. The van der Waals surface area contributed by atoms with Gasteiger partial charge in [-0.3, -0.25) is 0 Å². The van der Waals surface area contributed by atoms with Gasteiger partial charge in [-0.2, -0.15) is 0 Å². The van der Waals surface area contributed by atoms with Gasteiger partial charge < -0.3 is 0 Å². The van der Waals surface area contributed by atoms with Crippen molar-refractivity contribution in [3.63, 3.8) is 0 Å². The van der Waals surface area contributed by atoms with Gasteiger partial charge >= 0.3 is 78.9 Å². The van der Waals surface area contributed by atoms with Gasteiger partial charge in [0.1, 0.15) is 0 Å². The second kappa shape index (κ2) is 4.39. The van der Waals surface area contributed by atoms with E-state index in [1.807, 2.05) is 0 Å². The van der Waals surface area contributed by atoms with Crippen molar-refractivity contribution < 1.29 is 8.18 Å². The molecule has 0 aromatic heterocycles. The Balaban J connectivity index is 3.73. The fourth-order valence-electron chi connectivity index (χ4n) is 0.0690. The third-order valence-corrected chi connectivity index (χ3v) is 3.56. The van der Waals surface area contributed by atoms with Crippen LogP contribution in [0.1, 0.15) is 0 Å². The Morgan fingerprint density at radius 3 is 1.86 bits per heavy atom. The molecule has 0 heterocycles. The summed E-state index contributed by atoms with van der Waals surface area (Å²) >= 11 is 7.08. The molecule has 0 spiro atoms. The zero-order chi connectivity index (χ0) is 5.91. The molecule has 0 atom stereocenters. The van der Waals surface area contributed by atoms with Crippen LogP contribution >= 0.6 is 59.9 Å². The first-order valence-electron chi connectivity index (χ1n) is 1.24. The first kappa shape index (κ1) is 9.56. The molecule has 2 N–H and O–H groups in total. The zero-order valence-electron chi connectivity index (χ0n) is 3.14. The molecule has 0 amide bonds. The first-order chi connectivity index (χ1) is 3.06. The van der Waals surface area contributed by atoms with E-state index >= 15 is 0 Å². The normalized spacial score (nSPS) is 11.4. The molecule has 0 aromatic rings. The molecule has 0 aliphatic carbocycles. The Labute approximate surface area is 77.2 Å². The van der Waals surface area contributed by atoms with Crippen molar-refractivity contribution in [3.8, 4) is 0 Å². The molecule has 0 aliphatic rings. The van der Waals surface area contributed by atoms with E-state index in [0.717, 1.165) is 0 Å². The summed E-state index contributed by atoms with van der Waals surface area (Å²) in [4.78, 5) is 6.06. The summed E-state index contributed by atoms with van der Waals surface area (Å²) in [6.45, 7) is 0. The summed E-state index contributed by atoms with van der Waals surface area (Å²) in [6.07, 6.45) is 0. The Morgan fingerprint density at radius 1 is 1.43 bits per heavy atom. The van der Waals surface area contributed by atoms with Crippen LogP contribution in [0.5, 0.6) is 0 Å². The van der Waals surface area contributed by atoms with Gasteiger partial charge in [-0.15, -0.1) is 0 Å². The van der Waals surface area contributed by atoms with Crippen molar-refractivity contribution in [2.24, 2.45) is 5.90 Å². The molecule has 0 fully saturated rings. The minimum atomic E-state index is -1.51. The maximum atomic E-state index is 4.79. The molecule has 0 aliphatic heterocycles. The molecule has 7 heavy (non-hydrogen) atoms. The van der Waals surface area contributed by atoms with Crippen molar-refractivity contribution in [1.29, 1.82) is 0 Å². The number of nitrogens with two attached hydrogens (primary N) is 1. The molecule has 44 valence electrons. The van der Waals surface area contributed by atoms with E-state index in [2.05, 4.69) is 64.8 Å². The van der Waals surface area contributed by atoms with E-state index in [-0.39, 0.29) is 0 Å². The van der Waals surface area contributed by atoms with E-state index < -0.39 is 3.34 Å². The van der Waals surface area contributed by atoms with Crippen molar-refractivity contribution in [3.05, 3.63) is 0 Å². The van der Waals surface area contributed by atoms with E-state index in [1.165, 1.54) is 0 Å². The SMILES string of the molecule is NO[CH]=[V]([I])([I])[I]. The quantitative estimate of drug-likeness (QED) is 0.463. The van der Waals surface area contributed by atoms with Crippen molar-refractivity contribution in [2.45, 2.75) is 0 Å². The van der Waals surface area contributed by atoms with Gasteiger partial charge in [0.25, 0.3) is 0 Å². The Kier molecular flexibility index (Phi) is 6.00. The Hall–Kier alpha value is 2.56. The van der Waals surface area contributed by atoms with Crippen molar-refractivity contribution in [2.75, 3.05) is 0 Å². The van der Waals surface area contributed by atoms with Crippen LogP contribution in [0.25, 0.3) is 0 Å². The summed E-state index contributed by atoms with van der Waals surface area (Å²) in [5, 5.41) is 0. The van der Waals surface area contributed by atoms with Gasteiger partial charge in [-0.1, -0.05) is 0 Å². The second-order valence-electron chi connectivity index (χ2n) is 0.726. The summed E-state index contributed by atoms with van der Waals surface area (Å²) in [5.74, 6) is 4.79. The topological polar surface area (TPSA) is 35.2 Å². The van der Waals surface area contributed by atoms with Gasteiger partial charge in [0.05, 0.1) is 0 Å². The molecule has 0 aromatic carbocycles. The van der Waals surface area contributed by atoms with Gasteiger partial charge in [0.2, 0.25) is 0 Å². The molecule has 6 heteroatoms. The third kappa shape index (κ3) is 8.56. The Bertz CT molecular complexity index is 88.8. The van der Waals surface area contributed by atoms with Gasteiger partial charge in [-0.25, -0.2) is 0 Å². The average Bonchev–Trinajstić information content (AvgIpc) is 1.30. The molecule has 0 bridgehead atoms. The van der Waals surface area contributed by atoms with Crippen LogP contribution in [0, 0.1) is 0 Å². The average molecular weight is 477 g/mol. The van der Waals surface area contributed by atoms with Crippen LogP contribution in [0.2, 0.25) is 0 Å². The van der Waals surface area contributed by atoms with Crippen LogP contribution in [0.4, 0.5) is 0 Å². The van der Waals surface area contributed by atoms with E-state index in [4.69, 9.17) is 5.90 Å². The van der Waals surface area contributed by atoms with Gasteiger partial charge in [-0.05, 0) is 0 Å². The van der Waals surface area contributed by atoms with Crippen LogP contribution in [-0.2, 0) is 8.18 Å². The number of halogens is 3. The van der Waals surface area contributed by atoms with Crippen molar-refractivity contribution >= 4 is 64.9 Å². The van der Waals surface area contributed by atoms with E-state index in [1.54, 1.807) is 4.92 Å².